The van der Waals surface area contributed by atoms with E-state index in [9.17, 15) is 13.2 Å². The number of carbonyl (C=O) groups excluding carboxylic acids is 1. The van der Waals surface area contributed by atoms with Gasteiger partial charge in [-0.1, -0.05) is 24.3 Å². The van der Waals surface area contributed by atoms with Crippen molar-refractivity contribution in [3.63, 3.8) is 0 Å². The van der Waals surface area contributed by atoms with Crippen molar-refractivity contribution in [1.82, 2.24) is 19.8 Å². The third-order valence-electron chi connectivity index (χ3n) is 4.89. The molecule has 2 aromatic carbocycles. The third-order valence-corrected chi connectivity index (χ3v) is 6.31. The number of nitrogens with one attached hydrogen (secondary N) is 2. The highest BCUT2D eigenvalue weighted by molar-refractivity contribution is 7.89. The first-order valence-electron chi connectivity index (χ1n) is 9.96. The minimum atomic E-state index is -3.71. The summed E-state index contributed by atoms with van der Waals surface area (Å²) < 4.78 is 34.3. The van der Waals surface area contributed by atoms with Gasteiger partial charge in [-0.2, -0.15) is 5.10 Å². The molecule has 0 bridgehead atoms. The average Bonchev–Trinajstić information content (AvgIpc) is 3.51. The Labute approximate surface area is 185 Å². The zero-order chi connectivity index (χ0) is 22.4. The number of sulfonamides is 1. The second-order valence-electron chi connectivity index (χ2n) is 7.08. The van der Waals surface area contributed by atoms with Crippen LogP contribution >= 0.6 is 0 Å². The predicted molar refractivity (Wildman–Crippen MR) is 118 cm³/mol. The molecular weight excluding hydrogens is 428 g/mol. The zero-order valence-corrected chi connectivity index (χ0v) is 18.0. The molecule has 0 spiro atoms. The Morgan fingerprint density at radius 3 is 2.41 bits per heavy atom. The van der Waals surface area contributed by atoms with Gasteiger partial charge in [0.05, 0.1) is 24.2 Å². The minimum Gasteiger partial charge on any atom is -0.468 e. The van der Waals surface area contributed by atoms with E-state index in [4.69, 9.17) is 4.42 Å². The van der Waals surface area contributed by atoms with Gasteiger partial charge in [0.1, 0.15) is 5.76 Å². The van der Waals surface area contributed by atoms with Crippen LogP contribution in [-0.2, 0) is 29.7 Å². The van der Waals surface area contributed by atoms with Gasteiger partial charge in [-0.3, -0.25) is 9.48 Å². The molecule has 0 aliphatic heterocycles. The maximum absolute atomic E-state index is 12.6. The summed E-state index contributed by atoms with van der Waals surface area (Å²) in [6.45, 7) is 1.01. The van der Waals surface area contributed by atoms with Crippen molar-refractivity contribution in [2.24, 2.45) is 0 Å². The maximum atomic E-state index is 12.6. The van der Waals surface area contributed by atoms with Crippen molar-refractivity contribution in [3.05, 3.63) is 108 Å². The molecule has 2 N–H and O–H groups in total. The van der Waals surface area contributed by atoms with Gasteiger partial charge in [-0.05, 0) is 53.6 Å². The molecule has 9 heteroatoms. The minimum absolute atomic E-state index is 0.0511. The van der Waals surface area contributed by atoms with Gasteiger partial charge in [-0.25, -0.2) is 13.1 Å². The molecule has 0 aliphatic carbocycles. The van der Waals surface area contributed by atoms with Crippen molar-refractivity contribution >= 4 is 15.9 Å². The van der Waals surface area contributed by atoms with Gasteiger partial charge in [-0.15, -0.1) is 0 Å². The number of aromatic nitrogens is 2. The Morgan fingerprint density at radius 1 is 0.938 bits per heavy atom. The van der Waals surface area contributed by atoms with E-state index in [1.165, 1.54) is 30.5 Å². The van der Waals surface area contributed by atoms with Crippen LogP contribution in [-0.4, -0.2) is 24.1 Å². The SMILES string of the molecule is O=C(NCc1ccccc1Cn1cccn1)c1ccc(S(=O)(=O)NCc2ccco2)cc1. The highest BCUT2D eigenvalue weighted by Crippen LogP contribution is 2.13. The quantitative estimate of drug-likeness (QED) is 0.408. The van der Waals surface area contributed by atoms with Crippen LogP contribution in [0.15, 0.2) is 94.7 Å². The number of amides is 1. The Hall–Kier alpha value is -3.69. The van der Waals surface area contributed by atoms with Gasteiger partial charge in [0.15, 0.2) is 0 Å². The number of benzene rings is 2. The van der Waals surface area contributed by atoms with Crippen molar-refractivity contribution in [2.45, 2.75) is 24.5 Å². The van der Waals surface area contributed by atoms with Crippen molar-refractivity contribution in [2.75, 3.05) is 0 Å². The lowest BCUT2D eigenvalue weighted by Crippen LogP contribution is -2.25. The molecule has 0 saturated carbocycles. The normalized spacial score (nSPS) is 11.4. The number of hydrogen-bond acceptors (Lipinski definition) is 5. The molecule has 4 aromatic rings. The summed E-state index contributed by atoms with van der Waals surface area (Å²) in [4.78, 5) is 12.7. The second kappa shape index (κ2) is 9.63. The van der Waals surface area contributed by atoms with Crippen molar-refractivity contribution in [3.8, 4) is 0 Å². The summed E-state index contributed by atoms with van der Waals surface area (Å²) in [7, 11) is -3.71. The number of hydrogen-bond donors (Lipinski definition) is 2. The van der Waals surface area contributed by atoms with E-state index in [1.54, 1.807) is 18.3 Å². The highest BCUT2D eigenvalue weighted by Gasteiger charge is 2.15. The standard InChI is InChI=1S/C23H22N4O4S/c28-23(24-15-19-5-1-2-6-20(19)17-27-13-4-12-25-27)18-8-10-22(11-9-18)32(29,30)26-16-21-7-3-14-31-21/h1-14,26H,15-17H2,(H,24,28). The lowest BCUT2D eigenvalue weighted by atomic mass is 10.1. The molecule has 2 heterocycles. The fraction of sp³-hybridized carbons (Fsp3) is 0.130. The van der Waals surface area contributed by atoms with Crippen LogP contribution in [0.2, 0.25) is 0 Å². The Bertz CT molecular complexity index is 1270. The van der Waals surface area contributed by atoms with Crippen molar-refractivity contribution in [1.29, 1.82) is 0 Å². The predicted octanol–water partition coefficient (Wildman–Crippen LogP) is 2.93. The van der Waals surface area contributed by atoms with E-state index < -0.39 is 10.0 Å². The van der Waals surface area contributed by atoms with E-state index >= 15 is 0 Å². The molecule has 0 unspecified atom stereocenters. The first-order valence-corrected chi connectivity index (χ1v) is 11.4. The molecule has 8 nitrogen and oxygen atoms in total. The maximum Gasteiger partial charge on any atom is 0.251 e. The van der Waals surface area contributed by atoms with Crippen molar-refractivity contribution < 1.29 is 17.6 Å². The molecule has 0 radical (unpaired) electrons. The summed E-state index contributed by atoms with van der Waals surface area (Å²) in [5, 5.41) is 7.11. The highest BCUT2D eigenvalue weighted by atomic mass is 32.2. The number of rotatable bonds is 9. The van der Waals surface area contributed by atoms with Gasteiger partial charge >= 0.3 is 0 Å². The molecule has 0 fully saturated rings. The number of furan rings is 1. The third kappa shape index (κ3) is 5.32. The molecular formula is C23H22N4O4S. The van der Waals surface area contributed by atoms with Gasteiger partial charge in [0, 0.05) is 24.5 Å². The monoisotopic (exact) mass is 450 g/mol. The van der Waals surface area contributed by atoms with Crippen LogP contribution in [0.1, 0.15) is 27.2 Å². The van der Waals surface area contributed by atoms with E-state index in [0.717, 1.165) is 11.1 Å². The van der Waals surface area contributed by atoms with Crippen LogP contribution < -0.4 is 10.0 Å². The number of carbonyl (C=O) groups is 1. The molecule has 0 saturated heterocycles. The Balaban J connectivity index is 1.37. The molecule has 32 heavy (non-hydrogen) atoms. The summed E-state index contributed by atoms with van der Waals surface area (Å²) in [6.07, 6.45) is 5.09. The molecule has 4 rings (SSSR count). The molecule has 0 atom stereocenters. The second-order valence-corrected chi connectivity index (χ2v) is 8.85. The van der Waals surface area contributed by atoms with Gasteiger partial charge < -0.3 is 9.73 Å². The summed E-state index contributed by atoms with van der Waals surface area (Å²) >= 11 is 0. The fourth-order valence-corrected chi connectivity index (χ4v) is 4.17. The van der Waals surface area contributed by atoms with Crippen LogP contribution in [0.4, 0.5) is 0 Å². The summed E-state index contributed by atoms with van der Waals surface area (Å²) in [5.41, 5.74) is 2.41. The van der Waals surface area contributed by atoms with Crippen LogP contribution in [0.5, 0.6) is 0 Å². The Kier molecular flexibility index (Phi) is 6.48. The summed E-state index contributed by atoms with van der Waals surface area (Å²) in [6, 6.07) is 18.9. The van der Waals surface area contributed by atoms with Gasteiger partial charge in [0.2, 0.25) is 10.0 Å². The zero-order valence-electron chi connectivity index (χ0n) is 17.1. The molecule has 2 aromatic heterocycles. The van der Waals surface area contributed by atoms with E-state index in [2.05, 4.69) is 15.1 Å². The van der Waals surface area contributed by atoms with E-state index in [1.807, 2.05) is 41.2 Å². The van der Waals surface area contributed by atoms with Crippen LogP contribution in [0, 0.1) is 0 Å². The molecule has 0 aliphatic rings. The lowest BCUT2D eigenvalue weighted by Gasteiger charge is -2.11. The summed E-state index contributed by atoms with van der Waals surface area (Å²) in [5.74, 6) is 0.226. The smallest absolute Gasteiger partial charge is 0.251 e. The topological polar surface area (TPSA) is 106 Å². The first kappa shape index (κ1) is 21.5. The number of nitrogens with zero attached hydrogens (tertiary/aromatic N) is 2. The fourth-order valence-electron chi connectivity index (χ4n) is 3.18. The molecule has 1 amide bonds. The van der Waals surface area contributed by atoms with E-state index in [0.29, 0.717) is 24.4 Å². The van der Waals surface area contributed by atoms with Crippen LogP contribution in [0.3, 0.4) is 0 Å². The van der Waals surface area contributed by atoms with Gasteiger partial charge in [0.25, 0.3) is 5.91 Å². The van der Waals surface area contributed by atoms with E-state index in [-0.39, 0.29) is 17.3 Å². The first-order chi connectivity index (χ1) is 15.5. The lowest BCUT2D eigenvalue weighted by molar-refractivity contribution is 0.0950. The largest absolute Gasteiger partial charge is 0.468 e. The Morgan fingerprint density at radius 2 is 1.72 bits per heavy atom. The average molecular weight is 451 g/mol. The molecule has 164 valence electrons. The van der Waals surface area contributed by atoms with Crippen LogP contribution in [0.25, 0.3) is 0 Å².